The largest absolute Gasteiger partial charge is 0.389 e. The topological polar surface area (TPSA) is 32.7 Å². The molecule has 13 heavy (non-hydrogen) atoms. The highest BCUT2D eigenvalue weighted by Gasteiger charge is 2.32. The molecule has 1 unspecified atom stereocenters. The third-order valence-corrected chi connectivity index (χ3v) is 2.72. The molecule has 1 atom stereocenters. The zero-order valence-corrected chi connectivity index (χ0v) is 9.50. The van der Waals surface area contributed by atoms with Gasteiger partial charge in [-0.05, 0) is 26.9 Å². The van der Waals surface area contributed by atoms with Crippen molar-refractivity contribution in [3.63, 3.8) is 0 Å². The molecule has 0 heterocycles. The van der Waals surface area contributed by atoms with E-state index in [0.717, 1.165) is 13.1 Å². The number of rotatable bonds is 6. The van der Waals surface area contributed by atoms with Gasteiger partial charge in [-0.2, -0.15) is 0 Å². The molecule has 0 radical (unpaired) electrons. The van der Waals surface area contributed by atoms with Crippen molar-refractivity contribution in [2.75, 3.05) is 26.8 Å². The minimum absolute atomic E-state index is 0.209. The molecule has 0 amide bonds. The van der Waals surface area contributed by atoms with E-state index >= 15 is 0 Å². The van der Waals surface area contributed by atoms with Gasteiger partial charge in [-0.25, -0.2) is 0 Å². The molecule has 0 aromatic carbocycles. The van der Waals surface area contributed by atoms with E-state index in [4.69, 9.17) is 4.74 Å². The van der Waals surface area contributed by atoms with Gasteiger partial charge in [-0.15, -0.1) is 0 Å². The van der Waals surface area contributed by atoms with E-state index in [-0.39, 0.29) is 5.54 Å². The first-order valence-corrected chi connectivity index (χ1v) is 4.92. The summed E-state index contributed by atoms with van der Waals surface area (Å²) in [7, 11) is 1.61. The minimum atomic E-state index is -0.433. The molecule has 0 aliphatic carbocycles. The van der Waals surface area contributed by atoms with Crippen LogP contribution >= 0.6 is 0 Å². The van der Waals surface area contributed by atoms with Crippen LogP contribution in [0.4, 0.5) is 0 Å². The van der Waals surface area contributed by atoms with Gasteiger partial charge in [0.05, 0.1) is 12.7 Å². The van der Waals surface area contributed by atoms with Gasteiger partial charge in [0.25, 0.3) is 0 Å². The molecule has 0 saturated carbocycles. The molecule has 3 heteroatoms. The normalized spacial score (nSPS) is 15.0. The van der Waals surface area contributed by atoms with Gasteiger partial charge in [-0.1, -0.05) is 13.8 Å². The number of nitrogens with zero attached hydrogens (tertiary/aromatic N) is 1. The zero-order valence-electron chi connectivity index (χ0n) is 9.50. The van der Waals surface area contributed by atoms with Crippen LogP contribution in [0.2, 0.25) is 0 Å². The standard InChI is InChI=1S/C10H23NO2/c1-6-11(7-2)10(3,4)9(12)8-13-5/h9,12H,6-8H2,1-5H3. The number of aliphatic hydroxyl groups excluding tert-OH is 1. The van der Waals surface area contributed by atoms with Crippen molar-refractivity contribution in [1.29, 1.82) is 0 Å². The van der Waals surface area contributed by atoms with Gasteiger partial charge in [0, 0.05) is 12.6 Å². The van der Waals surface area contributed by atoms with E-state index in [1.165, 1.54) is 0 Å². The summed E-state index contributed by atoms with van der Waals surface area (Å²) in [4.78, 5) is 2.23. The number of hydrogen-bond donors (Lipinski definition) is 1. The molecule has 1 N–H and O–H groups in total. The van der Waals surface area contributed by atoms with Crippen LogP contribution in [-0.4, -0.2) is 48.5 Å². The lowest BCUT2D eigenvalue weighted by Gasteiger charge is -2.40. The summed E-state index contributed by atoms with van der Waals surface area (Å²) >= 11 is 0. The van der Waals surface area contributed by atoms with Crippen molar-refractivity contribution in [3.05, 3.63) is 0 Å². The lowest BCUT2D eigenvalue weighted by atomic mass is 9.95. The number of aliphatic hydroxyl groups is 1. The molecule has 0 fully saturated rings. The summed E-state index contributed by atoms with van der Waals surface area (Å²) in [6.07, 6.45) is -0.433. The van der Waals surface area contributed by atoms with Crippen LogP contribution in [-0.2, 0) is 4.74 Å². The quantitative estimate of drug-likeness (QED) is 0.679. The van der Waals surface area contributed by atoms with Crippen molar-refractivity contribution in [3.8, 4) is 0 Å². The van der Waals surface area contributed by atoms with Crippen LogP contribution in [0.3, 0.4) is 0 Å². The van der Waals surface area contributed by atoms with Gasteiger partial charge < -0.3 is 9.84 Å². The molecule has 0 bridgehead atoms. The second-order valence-corrected chi connectivity index (χ2v) is 3.80. The smallest absolute Gasteiger partial charge is 0.0951 e. The van der Waals surface area contributed by atoms with E-state index in [0.29, 0.717) is 6.61 Å². The molecule has 0 aliphatic heterocycles. The Morgan fingerprint density at radius 3 is 2.08 bits per heavy atom. The van der Waals surface area contributed by atoms with Gasteiger partial charge >= 0.3 is 0 Å². The Kier molecular flexibility index (Phi) is 5.53. The van der Waals surface area contributed by atoms with Crippen molar-refractivity contribution in [1.82, 2.24) is 4.90 Å². The summed E-state index contributed by atoms with van der Waals surface area (Å²) in [5.74, 6) is 0. The molecule has 0 saturated heterocycles. The average molecular weight is 189 g/mol. The summed E-state index contributed by atoms with van der Waals surface area (Å²) in [6, 6.07) is 0. The van der Waals surface area contributed by atoms with Crippen molar-refractivity contribution < 1.29 is 9.84 Å². The maximum Gasteiger partial charge on any atom is 0.0951 e. The number of ether oxygens (including phenoxy) is 1. The van der Waals surface area contributed by atoms with Crippen LogP contribution < -0.4 is 0 Å². The van der Waals surface area contributed by atoms with E-state index in [9.17, 15) is 5.11 Å². The van der Waals surface area contributed by atoms with E-state index in [1.807, 2.05) is 13.8 Å². The Morgan fingerprint density at radius 2 is 1.77 bits per heavy atom. The Labute approximate surface area is 81.7 Å². The van der Waals surface area contributed by atoms with Gasteiger partial charge in [0.15, 0.2) is 0 Å². The second kappa shape index (κ2) is 5.58. The molecular formula is C10H23NO2. The molecule has 0 rings (SSSR count). The Morgan fingerprint density at radius 1 is 1.31 bits per heavy atom. The lowest BCUT2D eigenvalue weighted by molar-refractivity contribution is -0.0441. The van der Waals surface area contributed by atoms with Crippen LogP contribution in [0.15, 0.2) is 0 Å². The van der Waals surface area contributed by atoms with Crippen LogP contribution in [0.5, 0.6) is 0 Å². The molecular weight excluding hydrogens is 166 g/mol. The maximum absolute atomic E-state index is 9.84. The summed E-state index contributed by atoms with van der Waals surface area (Å²) in [6.45, 7) is 10.6. The fraction of sp³-hybridized carbons (Fsp3) is 1.00. The average Bonchev–Trinajstić information content (AvgIpc) is 2.06. The Bertz CT molecular complexity index is 133. The SMILES string of the molecule is CCN(CC)C(C)(C)C(O)COC. The first-order chi connectivity index (χ1) is 6.00. The van der Waals surface area contributed by atoms with Crippen LogP contribution in [0.25, 0.3) is 0 Å². The summed E-state index contributed by atoms with van der Waals surface area (Å²) < 4.78 is 4.95. The highest BCUT2D eigenvalue weighted by atomic mass is 16.5. The number of likely N-dealkylation sites (N-methyl/N-ethyl adjacent to an activating group) is 1. The minimum Gasteiger partial charge on any atom is -0.389 e. The molecule has 3 nitrogen and oxygen atoms in total. The highest BCUT2D eigenvalue weighted by Crippen LogP contribution is 2.18. The molecule has 80 valence electrons. The van der Waals surface area contributed by atoms with Gasteiger partial charge in [-0.3, -0.25) is 4.90 Å². The fourth-order valence-corrected chi connectivity index (χ4v) is 1.61. The zero-order chi connectivity index (χ0) is 10.5. The van der Waals surface area contributed by atoms with Crippen LogP contribution in [0.1, 0.15) is 27.7 Å². The molecule has 0 aromatic rings. The summed E-state index contributed by atoms with van der Waals surface area (Å²) in [5.41, 5.74) is -0.209. The van der Waals surface area contributed by atoms with E-state index in [2.05, 4.69) is 18.7 Å². The third kappa shape index (κ3) is 3.25. The molecule has 0 spiro atoms. The van der Waals surface area contributed by atoms with Crippen LogP contribution in [0, 0.1) is 0 Å². The second-order valence-electron chi connectivity index (χ2n) is 3.80. The lowest BCUT2D eigenvalue weighted by Crippen LogP contribution is -2.53. The predicted octanol–water partition coefficient (Wildman–Crippen LogP) is 1.11. The maximum atomic E-state index is 9.84. The fourth-order valence-electron chi connectivity index (χ4n) is 1.61. The van der Waals surface area contributed by atoms with Crippen molar-refractivity contribution >= 4 is 0 Å². The first-order valence-electron chi connectivity index (χ1n) is 4.92. The highest BCUT2D eigenvalue weighted by molar-refractivity contribution is 4.87. The van der Waals surface area contributed by atoms with Crippen molar-refractivity contribution in [2.24, 2.45) is 0 Å². The monoisotopic (exact) mass is 189 g/mol. The van der Waals surface area contributed by atoms with E-state index < -0.39 is 6.10 Å². The van der Waals surface area contributed by atoms with Crippen molar-refractivity contribution in [2.45, 2.75) is 39.3 Å². The number of methoxy groups -OCH3 is 1. The molecule has 0 aliphatic rings. The number of hydrogen-bond acceptors (Lipinski definition) is 3. The van der Waals surface area contributed by atoms with Gasteiger partial charge in [0.1, 0.15) is 0 Å². The predicted molar refractivity (Wildman–Crippen MR) is 54.9 cm³/mol. The Hall–Kier alpha value is -0.120. The van der Waals surface area contributed by atoms with E-state index in [1.54, 1.807) is 7.11 Å². The molecule has 0 aromatic heterocycles. The van der Waals surface area contributed by atoms with Gasteiger partial charge in [0.2, 0.25) is 0 Å². The first kappa shape index (κ1) is 12.9. The Balaban J connectivity index is 4.32. The summed E-state index contributed by atoms with van der Waals surface area (Å²) in [5, 5.41) is 9.84. The third-order valence-electron chi connectivity index (χ3n) is 2.72.